The van der Waals surface area contributed by atoms with E-state index in [9.17, 15) is 4.57 Å². The zero-order valence-corrected chi connectivity index (χ0v) is 15.0. The molecule has 16 heavy (non-hydrogen) atoms. The summed E-state index contributed by atoms with van der Waals surface area (Å²) in [6, 6.07) is 0. The van der Waals surface area contributed by atoms with E-state index in [1.54, 1.807) is 0 Å². The Kier molecular flexibility index (Phi) is 17.9. The summed E-state index contributed by atoms with van der Waals surface area (Å²) in [6.07, 6.45) is 8.41. The second-order valence-corrected chi connectivity index (χ2v) is 4.53. The number of hydrogen-bond acceptors (Lipinski definition) is 2. The monoisotopic (exact) mass is 374 g/mol. The Morgan fingerprint density at radius 1 is 1.06 bits per heavy atom. The number of rotatable bonds is 10. The van der Waals surface area contributed by atoms with Gasteiger partial charge in [-0.2, -0.15) is 0 Å². The standard InChI is InChI=1S/C12H25O2P.Nd/c1-4-7-9-11(6-3)12(14-15-13)10-8-5-2;/h11-12H,4-10H2,1-3H3;. The smallest absolute Gasteiger partial charge is 0.291 e. The molecule has 0 spiro atoms. The van der Waals surface area contributed by atoms with Crippen molar-refractivity contribution in [3.05, 3.63) is 0 Å². The molecule has 0 bridgehead atoms. The van der Waals surface area contributed by atoms with Crippen LogP contribution in [0.15, 0.2) is 0 Å². The molecule has 0 aromatic heterocycles. The zero-order chi connectivity index (χ0) is 11.5. The van der Waals surface area contributed by atoms with Gasteiger partial charge in [-0.1, -0.05) is 52.9 Å². The van der Waals surface area contributed by atoms with Crippen molar-refractivity contribution >= 4 is 8.69 Å². The first-order chi connectivity index (χ1) is 7.29. The first kappa shape index (κ1) is 19.7. The molecule has 2 unspecified atom stereocenters. The fourth-order valence-corrected chi connectivity index (χ4v) is 2.34. The maximum absolute atomic E-state index is 10.5. The van der Waals surface area contributed by atoms with E-state index < -0.39 is 0 Å². The Labute approximate surface area is 135 Å². The van der Waals surface area contributed by atoms with Crippen LogP contribution in [0.4, 0.5) is 0 Å². The summed E-state index contributed by atoms with van der Waals surface area (Å²) in [5.74, 6) is 0.581. The molecule has 0 fully saturated rings. The van der Waals surface area contributed by atoms with Crippen LogP contribution in [-0.2, 0) is 9.09 Å². The van der Waals surface area contributed by atoms with Crippen LogP contribution in [0, 0.1) is 46.8 Å². The molecule has 0 aliphatic heterocycles. The van der Waals surface area contributed by atoms with Gasteiger partial charge in [0.1, 0.15) is 0 Å². The summed E-state index contributed by atoms with van der Waals surface area (Å²) in [5, 5.41) is 0. The van der Waals surface area contributed by atoms with Crippen LogP contribution in [0.1, 0.15) is 65.7 Å². The normalized spacial score (nSPS) is 14.4. The average molecular weight is 377 g/mol. The molecule has 0 saturated heterocycles. The third-order valence-electron chi connectivity index (χ3n) is 3.00. The van der Waals surface area contributed by atoms with Gasteiger partial charge in [-0.15, -0.1) is 0 Å². The van der Waals surface area contributed by atoms with Gasteiger partial charge in [0.05, 0.1) is 6.10 Å². The summed E-state index contributed by atoms with van der Waals surface area (Å²) < 4.78 is 15.9. The fraction of sp³-hybridized carbons (Fsp3) is 1.00. The van der Waals surface area contributed by atoms with E-state index in [0.717, 1.165) is 12.8 Å². The minimum atomic E-state index is -0.156. The van der Waals surface area contributed by atoms with Gasteiger partial charge in [0.2, 0.25) is 0 Å². The Morgan fingerprint density at radius 2 is 1.62 bits per heavy atom. The van der Waals surface area contributed by atoms with Crippen molar-refractivity contribution < 1.29 is 49.9 Å². The Bertz CT molecular complexity index is 156. The minimum absolute atomic E-state index is 0. The van der Waals surface area contributed by atoms with E-state index in [1.165, 1.54) is 32.1 Å². The van der Waals surface area contributed by atoms with Crippen LogP contribution in [-0.4, -0.2) is 6.10 Å². The van der Waals surface area contributed by atoms with Gasteiger partial charge in [-0.25, -0.2) is 4.57 Å². The average Bonchev–Trinajstić information content (AvgIpc) is 2.26. The molecular weight excluding hydrogens is 351 g/mol. The van der Waals surface area contributed by atoms with Crippen molar-refractivity contribution in [2.24, 2.45) is 5.92 Å². The van der Waals surface area contributed by atoms with Crippen LogP contribution in [0.5, 0.6) is 0 Å². The summed E-state index contributed by atoms with van der Waals surface area (Å²) in [5.41, 5.74) is 0. The number of hydrogen-bond donors (Lipinski definition) is 0. The van der Waals surface area contributed by atoms with Crippen LogP contribution in [0.25, 0.3) is 0 Å². The van der Waals surface area contributed by atoms with Crippen LogP contribution >= 0.6 is 8.69 Å². The van der Waals surface area contributed by atoms with Gasteiger partial charge in [0.25, 0.3) is 0 Å². The number of unbranched alkanes of at least 4 members (excludes halogenated alkanes) is 2. The molecule has 94 valence electrons. The van der Waals surface area contributed by atoms with Gasteiger partial charge in [0, 0.05) is 40.8 Å². The second kappa shape index (κ2) is 14.5. The molecule has 0 aliphatic rings. The van der Waals surface area contributed by atoms with E-state index in [0.29, 0.717) is 5.92 Å². The predicted molar refractivity (Wildman–Crippen MR) is 65.3 cm³/mol. The first-order valence-electron chi connectivity index (χ1n) is 6.28. The Hall–Kier alpha value is 1.41. The predicted octanol–water partition coefficient (Wildman–Crippen LogP) is 4.98. The third kappa shape index (κ3) is 9.44. The molecule has 4 heteroatoms. The van der Waals surface area contributed by atoms with Gasteiger partial charge in [0.15, 0.2) is 0 Å². The van der Waals surface area contributed by atoms with Crippen molar-refractivity contribution in [1.82, 2.24) is 0 Å². The SMILES string of the molecule is CCCCC(CC)C(CCCC)OP=O.[Nd]. The van der Waals surface area contributed by atoms with Gasteiger partial charge in [-0.3, -0.25) is 4.52 Å². The molecule has 2 nitrogen and oxygen atoms in total. The third-order valence-corrected chi connectivity index (χ3v) is 3.36. The maximum Gasteiger partial charge on any atom is 0.327 e. The van der Waals surface area contributed by atoms with Crippen molar-refractivity contribution in [3.8, 4) is 0 Å². The molecule has 0 N–H and O–H groups in total. The van der Waals surface area contributed by atoms with Crippen molar-refractivity contribution in [2.45, 2.75) is 71.8 Å². The molecule has 2 atom stereocenters. The van der Waals surface area contributed by atoms with Crippen LogP contribution in [0.2, 0.25) is 0 Å². The van der Waals surface area contributed by atoms with Crippen molar-refractivity contribution in [2.75, 3.05) is 0 Å². The van der Waals surface area contributed by atoms with Crippen molar-refractivity contribution in [3.63, 3.8) is 0 Å². The van der Waals surface area contributed by atoms with Crippen molar-refractivity contribution in [1.29, 1.82) is 0 Å². The minimum Gasteiger partial charge on any atom is -0.291 e. The first-order valence-corrected chi connectivity index (χ1v) is 7.01. The van der Waals surface area contributed by atoms with E-state index in [2.05, 4.69) is 20.8 Å². The Morgan fingerprint density at radius 3 is 2.06 bits per heavy atom. The molecule has 0 heterocycles. The van der Waals surface area contributed by atoms with Gasteiger partial charge < -0.3 is 0 Å². The van der Waals surface area contributed by atoms with E-state index >= 15 is 0 Å². The van der Waals surface area contributed by atoms with E-state index in [-0.39, 0.29) is 55.6 Å². The quantitative estimate of drug-likeness (QED) is 0.502. The molecule has 0 aromatic carbocycles. The summed E-state index contributed by atoms with van der Waals surface area (Å²) in [4.78, 5) is 0. The topological polar surface area (TPSA) is 26.3 Å². The molecule has 0 saturated carbocycles. The Balaban J connectivity index is 0. The largest absolute Gasteiger partial charge is 0.327 e. The second-order valence-electron chi connectivity index (χ2n) is 4.17. The molecule has 0 rings (SSSR count). The molecule has 0 radical (unpaired) electrons. The maximum atomic E-state index is 10.5. The molecule has 0 amide bonds. The molecule has 0 aliphatic carbocycles. The molecular formula is C12H25NdO2P. The van der Waals surface area contributed by atoms with Crippen LogP contribution in [0.3, 0.4) is 0 Å². The fourth-order valence-electron chi connectivity index (χ4n) is 1.95. The van der Waals surface area contributed by atoms with Gasteiger partial charge >= 0.3 is 8.69 Å². The summed E-state index contributed by atoms with van der Waals surface area (Å²) in [6.45, 7) is 6.59. The van der Waals surface area contributed by atoms with Gasteiger partial charge in [-0.05, 0) is 18.8 Å². The summed E-state index contributed by atoms with van der Waals surface area (Å²) in [7, 11) is -0.156. The van der Waals surface area contributed by atoms with E-state index in [1.807, 2.05) is 0 Å². The van der Waals surface area contributed by atoms with Crippen LogP contribution < -0.4 is 0 Å². The zero-order valence-electron chi connectivity index (χ0n) is 10.9. The molecule has 0 aromatic rings. The summed E-state index contributed by atoms with van der Waals surface area (Å²) >= 11 is 0. The van der Waals surface area contributed by atoms with E-state index in [4.69, 9.17) is 4.52 Å².